The fourth-order valence-corrected chi connectivity index (χ4v) is 2.02. The Morgan fingerprint density at radius 2 is 2.05 bits per heavy atom. The average molecular weight is 288 g/mol. The second-order valence-electron chi connectivity index (χ2n) is 4.32. The summed E-state index contributed by atoms with van der Waals surface area (Å²) in [6, 6.07) is 10.1. The lowest BCUT2D eigenvalue weighted by Crippen LogP contribution is -1.97. The number of fused-ring (bicyclic) bond motifs is 1. The number of aromatic nitrogens is 1. The van der Waals surface area contributed by atoms with Gasteiger partial charge in [0.25, 0.3) is 0 Å². The number of nitrogens with zero attached hydrogens (tertiary/aromatic N) is 1. The first-order valence-electron chi connectivity index (χ1n) is 5.96. The first-order chi connectivity index (χ1) is 9.61. The van der Waals surface area contributed by atoms with Gasteiger partial charge < -0.3 is 9.15 Å². The van der Waals surface area contributed by atoms with Gasteiger partial charge >= 0.3 is 5.63 Å². The zero-order chi connectivity index (χ0) is 14.1. The molecule has 20 heavy (non-hydrogen) atoms. The smallest absolute Gasteiger partial charge is 0.336 e. The van der Waals surface area contributed by atoms with Crippen LogP contribution in [0.25, 0.3) is 11.0 Å². The molecule has 0 fully saturated rings. The van der Waals surface area contributed by atoms with Crippen LogP contribution in [-0.2, 0) is 0 Å². The first kappa shape index (κ1) is 12.7. The van der Waals surface area contributed by atoms with E-state index in [0.717, 1.165) is 10.9 Å². The van der Waals surface area contributed by atoms with E-state index in [2.05, 4.69) is 4.98 Å². The molecular formula is C15H10ClNO3. The maximum Gasteiger partial charge on any atom is 0.336 e. The largest absolute Gasteiger partial charge is 0.439 e. The molecule has 2 heterocycles. The fourth-order valence-electron chi connectivity index (χ4n) is 1.91. The van der Waals surface area contributed by atoms with Crippen LogP contribution in [0.5, 0.6) is 11.6 Å². The molecule has 1 aromatic carbocycles. The summed E-state index contributed by atoms with van der Waals surface area (Å²) in [5, 5.41) is 1.42. The van der Waals surface area contributed by atoms with Crippen molar-refractivity contribution in [2.45, 2.75) is 6.92 Å². The number of rotatable bonds is 2. The number of hydrogen-bond acceptors (Lipinski definition) is 4. The van der Waals surface area contributed by atoms with Crippen molar-refractivity contribution in [1.29, 1.82) is 0 Å². The first-order valence-corrected chi connectivity index (χ1v) is 6.33. The van der Waals surface area contributed by atoms with Gasteiger partial charge in [-0.15, -0.1) is 0 Å². The van der Waals surface area contributed by atoms with Crippen molar-refractivity contribution in [1.82, 2.24) is 4.98 Å². The van der Waals surface area contributed by atoms with Crippen LogP contribution in [0.3, 0.4) is 0 Å². The summed E-state index contributed by atoms with van der Waals surface area (Å²) in [6.45, 7) is 1.86. The minimum atomic E-state index is -0.378. The second kappa shape index (κ2) is 4.98. The van der Waals surface area contributed by atoms with Gasteiger partial charge in [0.05, 0.1) is 5.02 Å². The number of aryl methyl sites for hydroxylation is 1. The predicted octanol–water partition coefficient (Wildman–Crippen LogP) is 3.94. The van der Waals surface area contributed by atoms with E-state index in [1.54, 1.807) is 24.3 Å². The molecule has 100 valence electrons. The van der Waals surface area contributed by atoms with Gasteiger partial charge in [-0.25, -0.2) is 9.78 Å². The second-order valence-corrected chi connectivity index (χ2v) is 4.76. The van der Waals surface area contributed by atoms with E-state index in [0.29, 0.717) is 22.2 Å². The molecule has 0 aliphatic carbocycles. The van der Waals surface area contributed by atoms with E-state index in [-0.39, 0.29) is 5.63 Å². The molecule has 0 atom stereocenters. The Kier molecular flexibility index (Phi) is 3.16. The van der Waals surface area contributed by atoms with Crippen molar-refractivity contribution in [3.8, 4) is 11.6 Å². The monoisotopic (exact) mass is 287 g/mol. The molecule has 4 nitrogen and oxygen atoms in total. The molecule has 0 saturated carbocycles. The Morgan fingerprint density at radius 3 is 2.80 bits per heavy atom. The molecule has 0 radical (unpaired) electrons. The number of pyridine rings is 1. The standard InChI is InChI=1S/C15H10ClNO3/c1-9-6-15(18)20-13-7-11(3-4-12(9)13)19-14-5-2-10(16)8-17-14/h2-8H,1H3. The normalized spacial score (nSPS) is 10.7. The predicted molar refractivity (Wildman–Crippen MR) is 76.5 cm³/mol. The highest BCUT2D eigenvalue weighted by molar-refractivity contribution is 6.30. The molecule has 0 unspecified atom stereocenters. The molecule has 3 aromatic rings. The van der Waals surface area contributed by atoms with Crippen LogP contribution in [0.4, 0.5) is 0 Å². The molecule has 0 amide bonds. The average Bonchev–Trinajstić information content (AvgIpc) is 2.41. The Morgan fingerprint density at radius 1 is 1.20 bits per heavy atom. The maximum atomic E-state index is 11.4. The van der Waals surface area contributed by atoms with Crippen LogP contribution in [0.2, 0.25) is 5.02 Å². The van der Waals surface area contributed by atoms with Crippen molar-refractivity contribution >= 4 is 22.6 Å². The summed E-state index contributed by atoms with van der Waals surface area (Å²) < 4.78 is 10.8. The summed E-state index contributed by atoms with van der Waals surface area (Å²) in [6.07, 6.45) is 1.50. The molecule has 0 aliphatic rings. The van der Waals surface area contributed by atoms with Crippen molar-refractivity contribution in [2.75, 3.05) is 0 Å². The Labute approximate surface area is 119 Å². The SMILES string of the molecule is Cc1cc(=O)oc2cc(Oc3ccc(Cl)cn3)ccc12. The fraction of sp³-hybridized carbons (Fsp3) is 0.0667. The topological polar surface area (TPSA) is 52.3 Å². The highest BCUT2D eigenvalue weighted by atomic mass is 35.5. The van der Waals surface area contributed by atoms with Crippen LogP contribution in [0.15, 0.2) is 51.8 Å². The molecule has 0 N–H and O–H groups in total. The van der Waals surface area contributed by atoms with Gasteiger partial charge in [-0.3, -0.25) is 0 Å². The maximum absolute atomic E-state index is 11.4. The number of ether oxygens (including phenoxy) is 1. The van der Waals surface area contributed by atoms with E-state index in [4.69, 9.17) is 20.8 Å². The van der Waals surface area contributed by atoms with E-state index in [9.17, 15) is 4.79 Å². The zero-order valence-electron chi connectivity index (χ0n) is 10.6. The molecule has 0 saturated heterocycles. The molecule has 3 rings (SSSR count). The summed E-state index contributed by atoms with van der Waals surface area (Å²) in [7, 11) is 0. The summed E-state index contributed by atoms with van der Waals surface area (Å²) in [5.74, 6) is 0.963. The minimum Gasteiger partial charge on any atom is -0.439 e. The van der Waals surface area contributed by atoms with Crippen molar-refractivity contribution in [3.05, 3.63) is 63.6 Å². The molecule has 0 aliphatic heterocycles. The molecule has 0 spiro atoms. The minimum absolute atomic E-state index is 0.378. The van der Waals surface area contributed by atoms with Gasteiger partial charge in [0.2, 0.25) is 5.88 Å². The number of halogens is 1. The number of benzene rings is 1. The Balaban J connectivity index is 2.00. The van der Waals surface area contributed by atoms with Crippen molar-refractivity contribution in [2.24, 2.45) is 0 Å². The van der Waals surface area contributed by atoms with E-state index < -0.39 is 0 Å². The van der Waals surface area contributed by atoms with Gasteiger partial charge in [-0.2, -0.15) is 0 Å². The quantitative estimate of drug-likeness (QED) is 0.670. The van der Waals surface area contributed by atoms with Crippen molar-refractivity contribution < 1.29 is 9.15 Å². The molecule has 5 heteroatoms. The summed E-state index contributed by atoms with van der Waals surface area (Å²) >= 11 is 5.76. The lowest BCUT2D eigenvalue weighted by Gasteiger charge is -2.06. The summed E-state index contributed by atoms with van der Waals surface area (Å²) in [5.41, 5.74) is 0.977. The van der Waals surface area contributed by atoms with Gasteiger partial charge in [-0.1, -0.05) is 11.6 Å². The van der Waals surface area contributed by atoms with Crippen molar-refractivity contribution in [3.63, 3.8) is 0 Å². The molecular weight excluding hydrogens is 278 g/mol. The van der Waals surface area contributed by atoms with E-state index in [1.165, 1.54) is 12.3 Å². The van der Waals surface area contributed by atoms with Gasteiger partial charge in [0.15, 0.2) is 0 Å². The van der Waals surface area contributed by atoms with Crippen LogP contribution in [0, 0.1) is 6.92 Å². The van der Waals surface area contributed by atoms with Crippen LogP contribution in [0.1, 0.15) is 5.56 Å². The van der Waals surface area contributed by atoms with Crippen LogP contribution < -0.4 is 10.4 Å². The van der Waals surface area contributed by atoms with Crippen LogP contribution in [-0.4, -0.2) is 4.98 Å². The van der Waals surface area contributed by atoms with Gasteiger partial charge in [-0.05, 0) is 30.7 Å². The Bertz CT molecular complexity index is 825. The highest BCUT2D eigenvalue weighted by Crippen LogP contribution is 2.25. The van der Waals surface area contributed by atoms with E-state index >= 15 is 0 Å². The zero-order valence-corrected chi connectivity index (χ0v) is 11.3. The molecule has 2 aromatic heterocycles. The lowest BCUT2D eigenvalue weighted by molar-refractivity contribution is 0.461. The third kappa shape index (κ3) is 2.51. The lowest BCUT2D eigenvalue weighted by atomic mass is 10.1. The number of hydrogen-bond donors (Lipinski definition) is 0. The van der Waals surface area contributed by atoms with Gasteiger partial charge in [0.1, 0.15) is 11.3 Å². The molecule has 0 bridgehead atoms. The highest BCUT2D eigenvalue weighted by Gasteiger charge is 2.05. The third-order valence-corrected chi connectivity index (χ3v) is 3.07. The Hall–Kier alpha value is -2.33. The van der Waals surface area contributed by atoms with Gasteiger partial charge in [0, 0.05) is 29.8 Å². The third-order valence-electron chi connectivity index (χ3n) is 2.85. The van der Waals surface area contributed by atoms with E-state index in [1.807, 2.05) is 13.0 Å². The van der Waals surface area contributed by atoms with Crippen LogP contribution >= 0.6 is 11.6 Å². The summed E-state index contributed by atoms with van der Waals surface area (Å²) in [4.78, 5) is 15.4.